The summed E-state index contributed by atoms with van der Waals surface area (Å²) in [5, 5.41) is 3.18. The molecule has 0 unspecified atom stereocenters. The molecule has 0 radical (unpaired) electrons. The Balaban J connectivity index is 1.46. The smallest absolute Gasteiger partial charge is 0.261 e. The third-order valence-electron chi connectivity index (χ3n) is 4.50. The van der Waals surface area contributed by atoms with Crippen LogP contribution < -0.4 is 10.9 Å². The van der Waals surface area contributed by atoms with E-state index in [-0.39, 0.29) is 23.8 Å². The first-order valence-corrected chi connectivity index (χ1v) is 8.89. The van der Waals surface area contributed by atoms with Gasteiger partial charge in [0, 0.05) is 30.7 Å². The number of anilines is 1. The minimum absolute atomic E-state index is 0.162. The standard InChI is InChI=1S/C21H17N5O3/c1-25-11-10-22-20(25)19(28)14-6-8-15(9-7-14)24-18(27)12-26-13-23-17-5-3-2-4-16(17)21(26)29/h2-11,13H,12H2,1H3,(H,24,27). The summed E-state index contributed by atoms with van der Waals surface area (Å²) in [7, 11) is 1.75. The second-order valence-corrected chi connectivity index (χ2v) is 6.51. The van der Waals surface area contributed by atoms with Crippen molar-refractivity contribution in [2.45, 2.75) is 6.54 Å². The molecule has 29 heavy (non-hydrogen) atoms. The van der Waals surface area contributed by atoms with Gasteiger partial charge in [0.2, 0.25) is 11.7 Å². The lowest BCUT2D eigenvalue weighted by atomic mass is 10.1. The summed E-state index contributed by atoms with van der Waals surface area (Å²) in [6.07, 6.45) is 4.62. The van der Waals surface area contributed by atoms with Crippen LogP contribution in [0.4, 0.5) is 5.69 Å². The highest BCUT2D eigenvalue weighted by molar-refractivity contribution is 6.07. The number of hydrogen-bond donors (Lipinski definition) is 1. The summed E-state index contributed by atoms with van der Waals surface area (Å²) in [6.45, 7) is -0.162. The predicted octanol–water partition coefficient (Wildman–Crippen LogP) is 2.00. The largest absolute Gasteiger partial charge is 0.331 e. The van der Waals surface area contributed by atoms with E-state index in [1.165, 1.54) is 10.9 Å². The van der Waals surface area contributed by atoms with Gasteiger partial charge in [-0.1, -0.05) is 12.1 Å². The van der Waals surface area contributed by atoms with Crippen LogP contribution in [0.2, 0.25) is 0 Å². The molecule has 0 aliphatic rings. The number of para-hydroxylation sites is 1. The van der Waals surface area contributed by atoms with E-state index < -0.39 is 0 Å². The number of benzene rings is 2. The van der Waals surface area contributed by atoms with Crippen molar-refractivity contribution in [1.29, 1.82) is 0 Å². The number of nitrogens with one attached hydrogen (secondary N) is 1. The van der Waals surface area contributed by atoms with Gasteiger partial charge in [-0.15, -0.1) is 0 Å². The molecule has 0 atom stereocenters. The number of imidazole rings is 1. The van der Waals surface area contributed by atoms with Crippen molar-refractivity contribution in [2.75, 3.05) is 5.32 Å². The van der Waals surface area contributed by atoms with Crippen molar-refractivity contribution < 1.29 is 9.59 Å². The fourth-order valence-electron chi connectivity index (χ4n) is 2.99. The van der Waals surface area contributed by atoms with Gasteiger partial charge in [0.25, 0.3) is 5.56 Å². The van der Waals surface area contributed by atoms with Crippen molar-refractivity contribution in [3.05, 3.63) is 89.0 Å². The van der Waals surface area contributed by atoms with Gasteiger partial charge in [-0.05, 0) is 36.4 Å². The number of hydrogen-bond acceptors (Lipinski definition) is 5. The van der Waals surface area contributed by atoms with Gasteiger partial charge in [-0.3, -0.25) is 19.0 Å². The van der Waals surface area contributed by atoms with E-state index in [0.29, 0.717) is 28.0 Å². The lowest BCUT2D eigenvalue weighted by Crippen LogP contribution is -2.27. The Hall–Kier alpha value is -4.07. The summed E-state index contributed by atoms with van der Waals surface area (Å²) in [6, 6.07) is 13.5. The van der Waals surface area contributed by atoms with Gasteiger partial charge < -0.3 is 9.88 Å². The molecule has 0 fully saturated rings. The molecule has 2 aromatic carbocycles. The zero-order valence-electron chi connectivity index (χ0n) is 15.6. The van der Waals surface area contributed by atoms with E-state index in [4.69, 9.17) is 0 Å². The number of nitrogens with zero attached hydrogens (tertiary/aromatic N) is 4. The SMILES string of the molecule is Cn1ccnc1C(=O)c1ccc(NC(=O)Cn2cnc3ccccc3c2=O)cc1. The maximum Gasteiger partial charge on any atom is 0.261 e. The molecule has 8 nitrogen and oxygen atoms in total. The first kappa shape index (κ1) is 18.3. The first-order chi connectivity index (χ1) is 14.0. The minimum Gasteiger partial charge on any atom is -0.331 e. The minimum atomic E-state index is -0.368. The van der Waals surface area contributed by atoms with Crippen LogP contribution in [-0.2, 0) is 18.4 Å². The maximum atomic E-state index is 12.5. The molecule has 2 aromatic heterocycles. The molecule has 0 spiro atoms. The van der Waals surface area contributed by atoms with Gasteiger partial charge in [-0.25, -0.2) is 9.97 Å². The van der Waals surface area contributed by atoms with Crippen molar-refractivity contribution in [2.24, 2.45) is 7.05 Å². The average molecular weight is 387 g/mol. The summed E-state index contributed by atoms with van der Waals surface area (Å²) < 4.78 is 2.91. The van der Waals surface area contributed by atoms with Gasteiger partial charge in [-0.2, -0.15) is 0 Å². The Morgan fingerprint density at radius 1 is 1.03 bits per heavy atom. The fraction of sp³-hybridized carbons (Fsp3) is 0.0952. The van der Waals surface area contributed by atoms with E-state index in [0.717, 1.165) is 0 Å². The van der Waals surface area contributed by atoms with Crippen LogP contribution in [0.3, 0.4) is 0 Å². The van der Waals surface area contributed by atoms with E-state index in [1.54, 1.807) is 72.5 Å². The molecule has 4 aromatic rings. The highest BCUT2D eigenvalue weighted by atomic mass is 16.2. The summed E-state index contributed by atoms with van der Waals surface area (Å²) in [5.74, 6) is -0.235. The summed E-state index contributed by atoms with van der Waals surface area (Å²) in [4.78, 5) is 45.5. The second-order valence-electron chi connectivity index (χ2n) is 6.51. The first-order valence-electron chi connectivity index (χ1n) is 8.89. The summed E-state index contributed by atoms with van der Waals surface area (Å²) in [5.41, 5.74) is 1.30. The quantitative estimate of drug-likeness (QED) is 0.528. The van der Waals surface area contributed by atoms with Gasteiger partial charge >= 0.3 is 0 Å². The number of carbonyl (C=O) groups is 2. The predicted molar refractivity (Wildman–Crippen MR) is 108 cm³/mol. The number of amides is 1. The molecule has 8 heteroatoms. The lowest BCUT2D eigenvalue weighted by Gasteiger charge is -2.08. The fourth-order valence-corrected chi connectivity index (χ4v) is 2.99. The van der Waals surface area contributed by atoms with Crippen molar-refractivity contribution in [3.63, 3.8) is 0 Å². The van der Waals surface area contributed by atoms with Crippen molar-refractivity contribution in [3.8, 4) is 0 Å². The summed E-state index contributed by atoms with van der Waals surface area (Å²) >= 11 is 0. The highest BCUT2D eigenvalue weighted by Crippen LogP contribution is 2.13. The van der Waals surface area contributed by atoms with E-state index >= 15 is 0 Å². The Bertz CT molecular complexity index is 1270. The topological polar surface area (TPSA) is 98.9 Å². The number of ketones is 1. The molecular weight excluding hydrogens is 370 g/mol. The van der Waals surface area contributed by atoms with E-state index in [1.807, 2.05) is 0 Å². The Morgan fingerprint density at radius 2 is 1.79 bits per heavy atom. The average Bonchev–Trinajstić information content (AvgIpc) is 3.16. The number of rotatable bonds is 5. The van der Waals surface area contributed by atoms with Crippen LogP contribution in [0.15, 0.2) is 72.0 Å². The van der Waals surface area contributed by atoms with Crippen LogP contribution >= 0.6 is 0 Å². The van der Waals surface area contributed by atoms with Crippen molar-refractivity contribution >= 4 is 28.3 Å². The third-order valence-corrected chi connectivity index (χ3v) is 4.50. The normalized spacial score (nSPS) is 10.8. The van der Waals surface area contributed by atoms with Crippen LogP contribution in [0.25, 0.3) is 10.9 Å². The van der Waals surface area contributed by atoms with Crippen LogP contribution in [-0.4, -0.2) is 30.8 Å². The van der Waals surface area contributed by atoms with Gasteiger partial charge in [0.1, 0.15) is 6.54 Å². The number of aryl methyl sites for hydroxylation is 1. The molecule has 0 bridgehead atoms. The van der Waals surface area contributed by atoms with Crippen LogP contribution in [0.5, 0.6) is 0 Å². The number of fused-ring (bicyclic) bond motifs is 1. The monoisotopic (exact) mass is 387 g/mol. The number of carbonyl (C=O) groups excluding carboxylic acids is 2. The molecule has 1 amide bonds. The molecule has 0 saturated heterocycles. The number of aromatic nitrogens is 4. The van der Waals surface area contributed by atoms with Crippen LogP contribution in [0.1, 0.15) is 16.2 Å². The Labute approximate surface area is 165 Å². The molecule has 1 N–H and O–H groups in total. The molecule has 4 rings (SSSR count). The molecule has 144 valence electrons. The van der Waals surface area contributed by atoms with Gasteiger partial charge in [0.15, 0.2) is 5.82 Å². The van der Waals surface area contributed by atoms with E-state index in [9.17, 15) is 14.4 Å². The van der Waals surface area contributed by atoms with Gasteiger partial charge in [0.05, 0.1) is 17.2 Å². The molecule has 0 saturated carbocycles. The maximum absolute atomic E-state index is 12.5. The van der Waals surface area contributed by atoms with E-state index in [2.05, 4.69) is 15.3 Å². The Morgan fingerprint density at radius 3 is 2.52 bits per heavy atom. The zero-order valence-corrected chi connectivity index (χ0v) is 15.6. The van der Waals surface area contributed by atoms with Crippen LogP contribution in [0, 0.1) is 0 Å². The Kier molecular flexibility index (Phi) is 4.74. The lowest BCUT2D eigenvalue weighted by molar-refractivity contribution is -0.116. The molecular formula is C21H17N5O3. The van der Waals surface area contributed by atoms with Crippen molar-refractivity contribution in [1.82, 2.24) is 19.1 Å². The molecule has 0 aliphatic heterocycles. The molecule has 2 heterocycles. The second kappa shape index (κ2) is 7.51. The highest BCUT2D eigenvalue weighted by Gasteiger charge is 2.14. The third kappa shape index (κ3) is 3.68. The molecule has 0 aliphatic carbocycles. The zero-order chi connectivity index (χ0) is 20.4.